The second kappa shape index (κ2) is 4.94. The van der Waals surface area contributed by atoms with E-state index in [0.29, 0.717) is 11.4 Å². The summed E-state index contributed by atoms with van der Waals surface area (Å²) in [5.41, 5.74) is 1.17. The Morgan fingerprint density at radius 2 is 2.00 bits per heavy atom. The highest BCUT2D eigenvalue weighted by atomic mass is 32.1. The molecule has 0 fully saturated rings. The topological polar surface area (TPSA) is 53.7 Å². The van der Waals surface area contributed by atoms with E-state index < -0.39 is 0 Å². The summed E-state index contributed by atoms with van der Waals surface area (Å²) in [7, 11) is 0. The molecule has 0 radical (unpaired) electrons. The lowest BCUT2D eigenvalue weighted by Gasteiger charge is -2.03. The summed E-state index contributed by atoms with van der Waals surface area (Å²) >= 11 is 4.89. The Labute approximate surface area is 98.7 Å². The van der Waals surface area contributed by atoms with Crippen LogP contribution in [0.4, 0.5) is 0 Å². The normalized spacial score (nSPS) is 10.3. The van der Waals surface area contributed by atoms with Gasteiger partial charge in [-0.3, -0.25) is 10.2 Å². The number of nitrogens with one attached hydrogen (secondary N) is 2. The lowest BCUT2D eigenvalue weighted by Crippen LogP contribution is -1.93. The molecule has 0 saturated heterocycles. The van der Waals surface area contributed by atoms with Crippen LogP contribution < -0.4 is 4.74 Å². The smallest absolute Gasteiger partial charge is 0.213 e. The summed E-state index contributed by atoms with van der Waals surface area (Å²) in [6.07, 6.45) is 0.736. The number of benzene rings is 1. The van der Waals surface area contributed by atoms with Crippen LogP contribution in [0.15, 0.2) is 24.3 Å². The second-order valence-corrected chi connectivity index (χ2v) is 3.75. The average Bonchev–Trinajstić information content (AvgIpc) is 2.67. The second-order valence-electron chi connectivity index (χ2n) is 3.37. The molecule has 0 bridgehead atoms. The van der Waals surface area contributed by atoms with E-state index in [0.717, 1.165) is 18.0 Å². The van der Waals surface area contributed by atoms with E-state index in [4.69, 9.17) is 17.0 Å². The number of aromatic amines is 2. The molecule has 2 rings (SSSR count). The van der Waals surface area contributed by atoms with Gasteiger partial charge in [-0.2, -0.15) is 0 Å². The van der Waals surface area contributed by atoms with Gasteiger partial charge in [0.25, 0.3) is 0 Å². The third-order valence-electron chi connectivity index (χ3n) is 2.16. The molecule has 1 heterocycles. The predicted molar refractivity (Wildman–Crippen MR) is 64.2 cm³/mol. The zero-order chi connectivity index (χ0) is 11.4. The van der Waals surface area contributed by atoms with Crippen molar-refractivity contribution < 1.29 is 4.74 Å². The predicted octanol–water partition coefficient (Wildman–Crippen LogP) is 2.46. The largest absolute Gasteiger partial charge is 0.494 e. The van der Waals surface area contributed by atoms with Crippen molar-refractivity contribution in [3.8, 4) is 5.75 Å². The fraction of sp³-hybridized carbons (Fsp3) is 0.273. The molecule has 84 valence electrons. The number of aromatic nitrogens is 3. The number of rotatable bonds is 4. The van der Waals surface area contributed by atoms with Crippen molar-refractivity contribution in [1.29, 1.82) is 0 Å². The zero-order valence-corrected chi connectivity index (χ0v) is 9.80. The van der Waals surface area contributed by atoms with E-state index in [1.807, 2.05) is 31.2 Å². The molecule has 0 aliphatic rings. The minimum Gasteiger partial charge on any atom is -0.494 e. The standard InChI is InChI=1S/C11H13N3OS/c1-2-15-9-5-3-8(4-6-9)7-10-12-11(16)14-13-10/h3-6H,2,7H2,1H3,(H2,12,13,14,16). The first-order chi connectivity index (χ1) is 7.78. The number of nitrogens with zero attached hydrogens (tertiary/aromatic N) is 1. The Morgan fingerprint density at radius 1 is 1.25 bits per heavy atom. The molecule has 0 aliphatic carbocycles. The van der Waals surface area contributed by atoms with Gasteiger partial charge in [-0.05, 0) is 36.8 Å². The van der Waals surface area contributed by atoms with Crippen LogP contribution in [0.1, 0.15) is 18.3 Å². The van der Waals surface area contributed by atoms with Crippen LogP contribution in [0, 0.1) is 4.77 Å². The van der Waals surface area contributed by atoms with Crippen LogP contribution in [0.25, 0.3) is 0 Å². The molecule has 4 nitrogen and oxygen atoms in total. The summed E-state index contributed by atoms with van der Waals surface area (Å²) in [5, 5.41) is 5.70. The first kappa shape index (κ1) is 10.9. The highest BCUT2D eigenvalue weighted by Gasteiger charge is 1.99. The van der Waals surface area contributed by atoms with Crippen LogP contribution >= 0.6 is 12.2 Å². The number of H-pyrrole nitrogens is 2. The lowest BCUT2D eigenvalue weighted by molar-refractivity contribution is 0.340. The maximum atomic E-state index is 5.37. The molecule has 2 N–H and O–H groups in total. The van der Waals surface area contributed by atoms with Crippen LogP contribution in [0.2, 0.25) is 0 Å². The minimum atomic E-state index is 0.487. The summed E-state index contributed by atoms with van der Waals surface area (Å²) in [5.74, 6) is 1.73. The Bertz CT molecular complexity index is 500. The van der Waals surface area contributed by atoms with Gasteiger partial charge in [0.15, 0.2) is 0 Å². The van der Waals surface area contributed by atoms with Gasteiger partial charge in [0.2, 0.25) is 4.77 Å². The highest BCUT2D eigenvalue weighted by Crippen LogP contribution is 2.13. The molecule has 2 aromatic rings. The van der Waals surface area contributed by atoms with Crippen molar-refractivity contribution in [1.82, 2.24) is 15.2 Å². The Kier molecular flexibility index (Phi) is 3.36. The third-order valence-corrected chi connectivity index (χ3v) is 2.35. The fourth-order valence-corrected chi connectivity index (χ4v) is 1.61. The zero-order valence-electron chi connectivity index (χ0n) is 8.99. The maximum Gasteiger partial charge on any atom is 0.213 e. The number of hydrogen-bond donors (Lipinski definition) is 2. The molecule has 5 heteroatoms. The van der Waals surface area contributed by atoms with Crippen LogP contribution in [-0.4, -0.2) is 21.8 Å². The highest BCUT2D eigenvalue weighted by molar-refractivity contribution is 7.71. The first-order valence-corrected chi connectivity index (χ1v) is 5.54. The van der Waals surface area contributed by atoms with E-state index >= 15 is 0 Å². The van der Waals surface area contributed by atoms with Gasteiger partial charge in [-0.15, -0.1) is 0 Å². The van der Waals surface area contributed by atoms with Crippen molar-refractivity contribution in [2.75, 3.05) is 6.61 Å². The number of ether oxygens (including phenoxy) is 1. The molecule has 0 aliphatic heterocycles. The summed E-state index contributed by atoms with van der Waals surface area (Å²) in [6, 6.07) is 7.97. The van der Waals surface area contributed by atoms with Gasteiger partial charge in [-0.1, -0.05) is 12.1 Å². The van der Waals surface area contributed by atoms with Crippen molar-refractivity contribution in [2.24, 2.45) is 0 Å². The van der Waals surface area contributed by atoms with Crippen LogP contribution in [-0.2, 0) is 6.42 Å². The molecule has 0 unspecified atom stereocenters. The van der Waals surface area contributed by atoms with Crippen molar-refractivity contribution >= 4 is 12.2 Å². The van der Waals surface area contributed by atoms with Crippen molar-refractivity contribution in [3.63, 3.8) is 0 Å². The Morgan fingerprint density at radius 3 is 2.56 bits per heavy atom. The molecule has 1 aromatic carbocycles. The van der Waals surface area contributed by atoms with Gasteiger partial charge in [0.1, 0.15) is 11.6 Å². The monoisotopic (exact) mass is 235 g/mol. The first-order valence-electron chi connectivity index (χ1n) is 5.13. The molecule has 16 heavy (non-hydrogen) atoms. The van der Waals surface area contributed by atoms with E-state index in [1.165, 1.54) is 5.56 Å². The molecule has 0 atom stereocenters. The van der Waals surface area contributed by atoms with E-state index in [9.17, 15) is 0 Å². The number of hydrogen-bond acceptors (Lipinski definition) is 3. The summed E-state index contributed by atoms with van der Waals surface area (Å²) in [6.45, 7) is 2.66. The molecule has 0 spiro atoms. The van der Waals surface area contributed by atoms with Crippen LogP contribution in [0.5, 0.6) is 5.75 Å². The van der Waals surface area contributed by atoms with Crippen molar-refractivity contribution in [3.05, 3.63) is 40.4 Å². The summed E-state index contributed by atoms with van der Waals surface area (Å²) < 4.78 is 5.86. The summed E-state index contributed by atoms with van der Waals surface area (Å²) in [4.78, 5) is 4.14. The Hall–Kier alpha value is -1.62. The molecular weight excluding hydrogens is 222 g/mol. The van der Waals surface area contributed by atoms with Gasteiger partial charge < -0.3 is 4.74 Å². The van der Waals surface area contributed by atoms with Gasteiger partial charge in [0.05, 0.1) is 6.61 Å². The van der Waals surface area contributed by atoms with E-state index in [-0.39, 0.29) is 0 Å². The fourth-order valence-electron chi connectivity index (χ4n) is 1.45. The lowest BCUT2D eigenvalue weighted by atomic mass is 10.1. The van der Waals surface area contributed by atoms with Gasteiger partial charge in [-0.25, -0.2) is 4.98 Å². The molecular formula is C11H13N3OS. The minimum absolute atomic E-state index is 0.487. The Balaban J connectivity index is 2.07. The third kappa shape index (κ3) is 2.70. The quantitative estimate of drug-likeness (QED) is 0.800. The van der Waals surface area contributed by atoms with Crippen molar-refractivity contribution in [2.45, 2.75) is 13.3 Å². The molecule has 1 aromatic heterocycles. The molecule has 0 saturated carbocycles. The maximum absolute atomic E-state index is 5.37. The molecule has 0 amide bonds. The SMILES string of the molecule is CCOc1ccc(Cc2nc(=S)[nH][nH]2)cc1. The van der Waals surface area contributed by atoms with E-state index in [1.54, 1.807) is 0 Å². The average molecular weight is 235 g/mol. The van der Waals surface area contributed by atoms with Crippen LogP contribution in [0.3, 0.4) is 0 Å². The van der Waals surface area contributed by atoms with E-state index in [2.05, 4.69) is 15.2 Å². The van der Waals surface area contributed by atoms with Gasteiger partial charge >= 0.3 is 0 Å². The van der Waals surface area contributed by atoms with Gasteiger partial charge in [0, 0.05) is 6.42 Å².